The second-order valence-corrected chi connectivity index (χ2v) is 10.9. The van der Waals surface area contributed by atoms with Crippen molar-refractivity contribution in [3.8, 4) is 5.75 Å². The molecular formula is C32H43N3O7. The van der Waals surface area contributed by atoms with Gasteiger partial charge in [-0.3, -0.25) is 9.59 Å². The number of ketones is 1. The Balaban J connectivity index is 1.43. The lowest BCUT2D eigenvalue weighted by atomic mass is 9.90. The van der Waals surface area contributed by atoms with E-state index >= 15 is 0 Å². The highest BCUT2D eigenvalue weighted by molar-refractivity contribution is 6.09. The van der Waals surface area contributed by atoms with Crippen molar-refractivity contribution >= 4 is 22.8 Å². The number of amides is 1. The number of aromatic nitrogens is 2. The molecule has 2 aromatic heterocycles. The maximum atomic E-state index is 13.7. The van der Waals surface area contributed by atoms with Crippen LogP contribution in [0.3, 0.4) is 0 Å². The van der Waals surface area contributed by atoms with Crippen LogP contribution in [0.2, 0.25) is 0 Å². The van der Waals surface area contributed by atoms with Gasteiger partial charge in [0.1, 0.15) is 12.4 Å². The minimum atomic E-state index is -0.309. The lowest BCUT2D eigenvalue weighted by Gasteiger charge is -2.35. The molecule has 42 heavy (non-hydrogen) atoms. The van der Waals surface area contributed by atoms with E-state index < -0.39 is 0 Å². The van der Waals surface area contributed by atoms with Gasteiger partial charge in [-0.1, -0.05) is 18.2 Å². The summed E-state index contributed by atoms with van der Waals surface area (Å²) in [6.07, 6.45) is 1.86. The van der Waals surface area contributed by atoms with Gasteiger partial charge >= 0.3 is 6.09 Å². The molecule has 0 spiro atoms. The number of aryl methyl sites for hydroxylation is 1. The molecule has 1 atom stereocenters. The fraction of sp³-hybridized carbons (Fsp3) is 0.531. The number of fused-ring (bicyclic) bond motifs is 1. The number of methoxy groups -OCH3 is 2. The number of carbonyl (C=O) groups is 2. The molecule has 0 bridgehead atoms. The number of para-hydroxylation sites is 1. The van der Waals surface area contributed by atoms with E-state index in [1.165, 1.54) is 7.11 Å². The van der Waals surface area contributed by atoms with E-state index in [9.17, 15) is 14.4 Å². The topological polar surface area (TPSA) is 112 Å². The molecule has 1 aliphatic heterocycles. The maximum Gasteiger partial charge on any atom is 0.409 e. The molecule has 1 saturated heterocycles. The normalized spacial score (nSPS) is 14.7. The molecule has 10 nitrogen and oxygen atoms in total. The first kappa shape index (κ1) is 31.3. The number of hydrogen-bond acceptors (Lipinski definition) is 7. The number of nitrogens with one attached hydrogen (secondary N) is 1. The predicted octanol–water partition coefficient (Wildman–Crippen LogP) is 4.84. The van der Waals surface area contributed by atoms with Gasteiger partial charge in [0.25, 0.3) is 5.56 Å². The summed E-state index contributed by atoms with van der Waals surface area (Å²) in [4.78, 5) is 43.4. The Morgan fingerprint density at radius 1 is 1.05 bits per heavy atom. The summed E-state index contributed by atoms with van der Waals surface area (Å²) >= 11 is 0. The van der Waals surface area contributed by atoms with Crippen molar-refractivity contribution < 1.29 is 28.5 Å². The van der Waals surface area contributed by atoms with Crippen LogP contribution in [0.4, 0.5) is 4.79 Å². The van der Waals surface area contributed by atoms with Crippen molar-refractivity contribution in [2.24, 2.45) is 5.92 Å². The van der Waals surface area contributed by atoms with Crippen molar-refractivity contribution in [2.45, 2.75) is 52.5 Å². The zero-order valence-corrected chi connectivity index (χ0v) is 25.4. The predicted molar refractivity (Wildman–Crippen MR) is 161 cm³/mol. The number of Topliss-reactive ketones (excluding diaryl/α,β-unsaturated/α-hetero) is 1. The molecule has 0 unspecified atom stereocenters. The number of aromatic amines is 1. The van der Waals surface area contributed by atoms with Gasteiger partial charge in [-0.15, -0.1) is 0 Å². The smallest absolute Gasteiger partial charge is 0.409 e. The zero-order chi connectivity index (χ0) is 30.2. The summed E-state index contributed by atoms with van der Waals surface area (Å²) in [5.41, 5.74) is 3.62. The number of H-pyrrole nitrogens is 1. The highest BCUT2D eigenvalue weighted by Gasteiger charge is 2.31. The van der Waals surface area contributed by atoms with Crippen LogP contribution >= 0.6 is 0 Å². The standard InChI is InChI=1S/C32H43N3O7/c1-21-20-29(40-5)26(31(37)33-21)10-11-28(36)30-23(3)35(27-9-7-6-8-25(27)30)22(2)24-12-14-34(15-13-24)32(38)42-19-18-41-17-16-39-4/h6-9,20,22,24H,10-19H2,1-5H3,(H,33,37)/t22-/m1/s1. The molecule has 0 radical (unpaired) electrons. The monoisotopic (exact) mass is 581 g/mol. The van der Waals surface area contributed by atoms with E-state index in [-0.39, 0.29) is 36.5 Å². The molecule has 1 aromatic carbocycles. The summed E-state index contributed by atoms with van der Waals surface area (Å²) in [6, 6.07) is 9.91. The molecule has 4 rings (SSSR count). The van der Waals surface area contributed by atoms with E-state index in [0.717, 1.165) is 29.4 Å². The van der Waals surface area contributed by atoms with E-state index in [1.54, 1.807) is 25.0 Å². The molecule has 1 fully saturated rings. The molecule has 228 valence electrons. The molecule has 1 aliphatic rings. The van der Waals surface area contributed by atoms with Crippen molar-refractivity contribution in [1.82, 2.24) is 14.5 Å². The molecule has 0 saturated carbocycles. The van der Waals surface area contributed by atoms with Gasteiger partial charge in [0.05, 0.1) is 32.5 Å². The highest BCUT2D eigenvalue weighted by Crippen LogP contribution is 2.36. The molecule has 0 aliphatic carbocycles. The number of ether oxygens (including phenoxy) is 4. The number of benzene rings is 1. The van der Waals surface area contributed by atoms with Crippen LogP contribution in [0, 0.1) is 19.8 Å². The summed E-state index contributed by atoms with van der Waals surface area (Å²) in [7, 11) is 3.15. The Bertz CT molecular complexity index is 1440. The number of piperidine rings is 1. The fourth-order valence-corrected chi connectivity index (χ4v) is 6.04. The quantitative estimate of drug-likeness (QED) is 0.227. The fourth-order valence-electron chi connectivity index (χ4n) is 6.04. The van der Waals surface area contributed by atoms with E-state index in [4.69, 9.17) is 18.9 Å². The van der Waals surface area contributed by atoms with Crippen LogP contribution in [0.5, 0.6) is 5.75 Å². The number of hydrogen-bond donors (Lipinski definition) is 1. The molecule has 10 heteroatoms. The summed E-state index contributed by atoms with van der Waals surface area (Å²) < 4.78 is 23.4. The van der Waals surface area contributed by atoms with E-state index in [0.29, 0.717) is 67.8 Å². The van der Waals surface area contributed by atoms with Crippen LogP contribution in [0.1, 0.15) is 59.5 Å². The van der Waals surface area contributed by atoms with Crippen LogP contribution in [0.15, 0.2) is 35.1 Å². The second kappa shape index (κ2) is 14.5. The average Bonchev–Trinajstić information content (AvgIpc) is 3.29. The average molecular weight is 582 g/mol. The number of pyridine rings is 1. The van der Waals surface area contributed by atoms with Gasteiger partial charge in [0, 0.05) is 60.5 Å². The van der Waals surface area contributed by atoms with E-state index in [1.807, 2.05) is 25.1 Å². The van der Waals surface area contributed by atoms with Crippen LogP contribution in [-0.4, -0.2) is 80.1 Å². The van der Waals surface area contributed by atoms with E-state index in [2.05, 4.69) is 22.5 Å². The largest absolute Gasteiger partial charge is 0.496 e. The summed E-state index contributed by atoms with van der Waals surface area (Å²) in [5, 5.41) is 0.922. The Morgan fingerprint density at radius 2 is 1.76 bits per heavy atom. The third-order valence-electron chi connectivity index (χ3n) is 8.26. The molecular weight excluding hydrogens is 538 g/mol. The van der Waals surface area contributed by atoms with Gasteiger partial charge in [0.15, 0.2) is 5.78 Å². The Morgan fingerprint density at radius 3 is 2.48 bits per heavy atom. The molecule has 1 N–H and O–H groups in total. The van der Waals surface area contributed by atoms with Crippen molar-refractivity contribution in [2.75, 3.05) is 53.7 Å². The Kier molecular flexibility index (Phi) is 10.8. The lowest BCUT2D eigenvalue weighted by molar-refractivity contribution is 0.0290. The van der Waals surface area contributed by atoms with Crippen molar-refractivity contribution in [3.63, 3.8) is 0 Å². The minimum Gasteiger partial charge on any atom is -0.496 e. The van der Waals surface area contributed by atoms with Gasteiger partial charge in [0.2, 0.25) is 0 Å². The van der Waals surface area contributed by atoms with Gasteiger partial charge < -0.3 is 33.4 Å². The second-order valence-electron chi connectivity index (χ2n) is 10.9. The third kappa shape index (κ3) is 7.04. The lowest BCUT2D eigenvalue weighted by Crippen LogP contribution is -2.40. The first-order chi connectivity index (χ1) is 20.3. The van der Waals surface area contributed by atoms with Crippen LogP contribution in [-0.2, 0) is 20.6 Å². The van der Waals surface area contributed by atoms with Crippen LogP contribution < -0.4 is 10.3 Å². The molecule has 1 amide bonds. The van der Waals surface area contributed by atoms with Gasteiger partial charge in [-0.05, 0) is 58.1 Å². The SMILES string of the molecule is COCCOCCOC(=O)N1CCC([C@@H](C)n2c(C)c(C(=O)CCc3c(OC)cc(C)[nH]c3=O)c3ccccc32)CC1. The minimum absolute atomic E-state index is 0.000410. The third-order valence-corrected chi connectivity index (χ3v) is 8.26. The van der Waals surface area contributed by atoms with Crippen molar-refractivity contribution in [1.29, 1.82) is 0 Å². The van der Waals surface area contributed by atoms with Crippen molar-refractivity contribution in [3.05, 3.63) is 63.2 Å². The van der Waals surface area contributed by atoms with Gasteiger partial charge in [-0.2, -0.15) is 0 Å². The number of nitrogens with zero attached hydrogens (tertiary/aromatic N) is 2. The van der Waals surface area contributed by atoms with Gasteiger partial charge in [-0.25, -0.2) is 4.79 Å². The number of carbonyl (C=O) groups excluding carboxylic acids is 2. The first-order valence-corrected chi connectivity index (χ1v) is 14.6. The number of likely N-dealkylation sites (tertiary alicyclic amines) is 1. The Hall–Kier alpha value is -3.63. The maximum absolute atomic E-state index is 13.7. The number of rotatable bonds is 13. The van der Waals surface area contributed by atoms with Crippen LogP contribution in [0.25, 0.3) is 10.9 Å². The summed E-state index contributed by atoms with van der Waals surface area (Å²) in [5.74, 6) is 0.835. The zero-order valence-electron chi connectivity index (χ0n) is 25.4. The highest BCUT2D eigenvalue weighted by atomic mass is 16.6. The molecule has 3 heterocycles. The Labute approximate surface area is 246 Å². The molecule has 3 aromatic rings. The summed E-state index contributed by atoms with van der Waals surface area (Å²) in [6.45, 7) is 8.79. The first-order valence-electron chi connectivity index (χ1n) is 14.6.